The maximum Gasteiger partial charge on any atom is 0.0512 e. The first kappa shape index (κ1) is 11.0. The third-order valence-corrected chi connectivity index (χ3v) is 2.69. The summed E-state index contributed by atoms with van der Waals surface area (Å²) in [5, 5.41) is 9.10. The van der Waals surface area contributed by atoms with Gasteiger partial charge in [-0.25, -0.2) is 0 Å². The van der Waals surface area contributed by atoms with E-state index < -0.39 is 0 Å². The molecule has 3 nitrogen and oxygen atoms in total. The van der Waals surface area contributed by atoms with Crippen LogP contribution in [-0.4, -0.2) is 60.8 Å². The molecule has 1 aliphatic rings. The van der Waals surface area contributed by atoms with Gasteiger partial charge in [0.05, 0.1) is 6.10 Å². The number of aliphatic hydroxyl groups excluding tert-OH is 1. The van der Waals surface area contributed by atoms with E-state index in [4.69, 9.17) is 5.11 Å². The van der Waals surface area contributed by atoms with E-state index in [1.165, 1.54) is 26.2 Å². The highest BCUT2D eigenvalue weighted by molar-refractivity contribution is 4.69. The Morgan fingerprint density at radius 2 is 1.85 bits per heavy atom. The third-order valence-electron chi connectivity index (χ3n) is 2.69. The molecule has 3 heteroatoms. The topological polar surface area (TPSA) is 26.7 Å². The summed E-state index contributed by atoms with van der Waals surface area (Å²) in [4.78, 5) is 4.85. The summed E-state index contributed by atoms with van der Waals surface area (Å²) in [6, 6.07) is 0. The molecule has 0 radical (unpaired) electrons. The van der Waals surface area contributed by atoms with Crippen LogP contribution in [0, 0.1) is 0 Å². The van der Waals surface area contributed by atoms with E-state index in [-0.39, 0.29) is 6.10 Å². The maximum absolute atomic E-state index is 9.10. The molecule has 1 unspecified atom stereocenters. The van der Waals surface area contributed by atoms with Gasteiger partial charge >= 0.3 is 0 Å². The second-order valence-electron chi connectivity index (χ2n) is 4.14. The van der Waals surface area contributed by atoms with Crippen LogP contribution in [0.5, 0.6) is 0 Å². The lowest BCUT2D eigenvalue weighted by molar-refractivity contribution is 0.137. The first-order valence-corrected chi connectivity index (χ1v) is 5.27. The molecule has 0 aliphatic carbocycles. The lowest BCUT2D eigenvalue weighted by Crippen LogP contribution is -2.44. The lowest BCUT2D eigenvalue weighted by atomic mass is 10.2. The molecule has 1 saturated heterocycles. The van der Waals surface area contributed by atoms with Crippen LogP contribution in [0.15, 0.2) is 0 Å². The quantitative estimate of drug-likeness (QED) is 0.688. The van der Waals surface area contributed by atoms with Gasteiger partial charge in [0.1, 0.15) is 0 Å². The number of nitrogens with zero attached hydrogens (tertiary/aromatic N) is 2. The van der Waals surface area contributed by atoms with Gasteiger partial charge in [-0.3, -0.25) is 0 Å². The first-order valence-electron chi connectivity index (χ1n) is 5.27. The van der Waals surface area contributed by atoms with Crippen LogP contribution in [0.1, 0.15) is 19.8 Å². The summed E-state index contributed by atoms with van der Waals surface area (Å²) in [6.07, 6.45) is 1.93. The fourth-order valence-electron chi connectivity index (χ4n) is 1.68. The molecule has 13 heavy (non-hydrogen) atoms. The van der Waals surface area contributed by atoms with E-state index in [2.05, 4.69) is 16.8 Å². The Morgan fingerprint density at radius 1 is 1.23 bits per heavy atom. The molecule has 1 rings (SSSR count). The van der Waals surface area contributed by atoms with Gasteiger partial charge in [0.15, 0.2) is 0 Å². The summed E-state index contributed by atoms with van der Waals surface area (Å²) in [5.74, 6) is 0. The van der Waals surface area contributed by atoms with Crippen LogP contribution in [0.25, 0.3) is 0 Å². The van der Waals surface area contributed by atoms with Crippen molar-refractivity contribution in [2.45, 2.75) is 25.9 Å². The van der Waals surface area contributed by atoms with E-state index in [9.17, 15) is 0 Å². The van der Waals surface area contributed by atoms with Gasteiger partial charge in [-0.2, -0.15) is 0 Å². The van der Waals surface area contributed by atoms with Crippen molar-refractivity contribution in [2.24, 2.45) is 0 Å². The van der Waals surface area contributed by atoms with Crippen molar-refractivity contribution in [3.63, 3.8) is 0 Å². The normalized spacial score (nSPS) is 23.3. The molecule has 0 bridgehead atoms. The fraction of sp³-hybridized carbons (Fsp3) is 1.00. The highest BCUT2D eigenvalue weighted by atomic mass is 16.3. The number of hydrogen-bond donors (Lipinski definition) is 1. The summed E-state index contributed by atoms with van der Waals surface area (Å²) in [6.45, 7) is 7.78. The highest BCUT2D eigenvalue weighted by Crippen LogP contribution is 2.03. The zero-order chi connectivity index (χ0) is 9.68. The van der Waals surface area contributed by atoms with E-state index >= 15 is 0 Å². The smallest absolute Gasteiger partial charge is 0.0512 e. The number of likely N-dealkylation sites (N-methyl/N-ethyl adjacent to an activating group) is 1. The minimum atomic E-state index is -0.132. The van der Waals surface area contributed by atoms with Crippen molar-refractivity contribution in [1.29, 1.82) is 0 Å². The van der Waals surface area contributed by atoms with E-state index in [1.807, 2.05) is 6.92 Å². The SMILES string of the molecule is CC(O)CCCN1CCN(C)CC1. The number of hydrogen-bond acceptors (Lipinski definition) is 3. The fourth-order valence-corrected chi connectivity index (χ4v) is 1.68. The molecule has 1 N–H and O–H groups in total. The van der Waals surface area contributed by atoms with Crippen LogP contribution >= 0.6 is 0 Å². The predicted molar refractivity (Wildman–Crippen MR) is 54.9 cm³/mol. The molecule has 0 aromatic heterocycles. The Morgan fingerprint density at radius 3 is 2.38 bits per heavy atom. The van der Waals surface area contributed by atoms with Crippen molar-refractivity contribution in [3.8, 4) is 0 Å². The van der Waals surface area contributed by atoms with Crippen LogP contribution in [0.2, 0.25) is 0 Å². The zero-order valence-corrected chi connectivity index (χ0v) is 8.87. The largest absolute Gasteiger partial charge is 0.393 e. The van der Waals surface area contributed by atoms with Gasteiger partial charge in [-0.15, -0.1) is 0 Å². The Balaban J connectivity index is 2.02. The monoisotopic (exact) mass is 186 g/mol. The van der Waals surface area contributed by atoms with E-state index in [0.717, 1.165) is 19.4 Å². The summed E-state index contributed by atoms with van der Waals surface area (Å²) in [5.41, 5.74) is 0. The molecule has 0 aromatic rings. The van der Waals surface area contributed by atoms with Crippen molar-refractivity contribution < 1.29 is 5.11 Å². The van der Waals surface area contributed by atoms with Gasteiger partial charge in [0, 0.05) is 26.2 Å². The molecule has 0 saturated carbocycles. The molecule has 78 valence electrons. The van der Waals surface area contributed by atoms with Gasteiger partial charge in [0.25, 0.3) is 0 Å². The minimum absolute atomic E-state index is 0.132. The van der Waals surface area contributed by atoms with E-state index in [0.29, 0.717) is 0 Å². The number of piperazine rings is 1. The molecule has 0 aromatic carbocycles. The van der Waals surface area contributed by atoms with Crippen LogP contribution in [-0.2, 0) is 0 Å². The van der Waals surface area contributed by atoms with Crippen LogP contribution in [0.4, 0.5) is 0 Å². The van der Waals surface area contributed by atoms with Crippen LogP contribution in [0.3, 0.4) is 0 Å². The highest BCUT2D eigenvalue weighted by Gasteiger charge is 2.12. The van der Waals surface area contributed by atoms with Crippen molar-refractivity contribution in [2.75, 3.05) is 39.8 Å². The minimum Gasteiger partial charge on any atom is -0.393 e. The molecule has 0 spiro atoms. The van der Waals surface area contributed by atoms with Gasteiger partial charge in [-0.05, 0) is 33.4 Å². The Hall–Kier alpha value is -0.120. The molecule has 1 aliphatic heterocycles. The van der Waals surface area contributed by atoms with Gasteiger partial charge in [0.2, 0.25) is 0 Å². The number of rotatable bonds is 4. The average Bonchev–Trinajstić information content (AvgIpc) is 2.08. The summed E-state index contributed by atoms with van der Waals surface area (Å²) in [7, 11) is 2.17. The van der Waals surface area contributed by atoms with Crippen molar-refractivity contribution in [3.05, 3.63) is 0 Å². The molecular weight excluding hydrogens is 164 g/mol. The Bertz CT molecular complexity index is 131. The van der Waals surface area contributed by atoms with Crippen LogP contribution < -0.4 is 0 Å². The maximum atomic E-state index is 9.10. The molecule has 0 amide bonds. The predicted octanol–water partition coefficient (Wildman–Crippen LogP) is 0.395. The van der Waals surface area contributed by atoms with Crippen molar-refractivity contribution in [1.82, 2.24) is 9.80 Å². The summed E-state index contributed by atoms with van der Waals surface area (Å²) < 4.78 is 0. The Labute approximate surface area is 81.3 Å². The second kappa shape index (κ2) is 5.58. The van der Waals surface area contributed by atoms with Gasteiger partial charge < -0.3 is 14.9 Å². The van der Waals surface area contributed by atoms with Crippen molar-refractivity contribution >= 4 is 0 Å². The summed E-state index contributed by atoms with van der Waals surface area (Å²) >= 11 is 0. The molecule has 1 fully saturated rings. The number of aliphatic hydroxyl groups is 1. The van der Waals surface area contributed by atoms with E-state index in [1.54, 1.807) is 0 Å². The first-order chi connectivity index (χ1) is 6.18. The third kappa shape index (κ3) is 4.60. The Kier molecular flexibility index (Phi) is 4.70. The second-order valence-corrected chi connectivity index (χ2v) is 4.14. The van der Waals surface area contributed by atoms with Gasteiger partial charge in [-0.1, -0.05) is 0 Å². The molecule has 1 atom stereocenters. The standard InChI is InChI=1S/C10H22N2O/c1-10(13)4-3-5-12-8-6-11(2)7-9-12/h10,13H,3-9H2,1-2H3. The molecular formula is C10H22N2O. The average molecular weight is 186 g/mol. The lowest BCUT2D eigenvalue weighted by Gasteiger charge is -2.32. The zero-order valence-electron chi connectivity index (χ0n) is 8.87. The molecule has 1 heterocycles.